The van der Waals surface area contributed by atoms with Gasteiger partial charge in [0.15, 0.2) is 0 Å². The van der Waals surface area contributed by atoms with Crippen molar-refractivity contribution in [3.05, 3.63) is 0 Å². The molecule has 2 nitrogen and oxygen atoms in total. The molecule has 0 saturated heterocycles. The van der Waals surface area contributed by atoms with Crippen LogP contribution in [0.25, 0.3) is 0 Å². The second-order valence-electron chi connectivity index (χ2n) is 8.58. The molecule has 0 heterocycles. The lowest BCUT2D eigenvalue weighted by Crippen LogP contribution is -2.64. The molecule has 4 unspecified atom stereocenters. The molecule has 0 bridgehead atoms. The molecular formula is C18H35NO. The first-order valence-corrected chi connectivity index (χ1v) is 8.64. The second-order valence-corrected chi connectivity index (χ2v) is 8.58. The van der Waals surface area contributed by atoms with Gasteiger partial charge in [-0.3, -0.25) is 0 Å². The molecule has 2 heteroatoms. The lowest BCUT2D eigenvalue weighted by atomic mass is 9.62. The highest BCUT2D eigenvalue weighted by Crippen LogP contribution is 2.45. The van der Waals surface area contributed by atoms with Crippen molar-refractivity contribution in [3.8, 4) is 0 Å². The summed E-state index contributed by atoms with van der Waals surface area (Å²) in [6.45, 7) is 14.9. The number of hydrogen-bond donors (Lipinski definition) is 1. The highest BCUT2D eigenvalue weighted by molar-refractivity contribution is 5.05. The van der Waals surface area contributed by atoms with E-state index in [0.29, 0.717) is 23.6 Å². The van der Waals surface area contributed by atoms with Crippen molar-refractivity contribution < 1.29 is 4.74 Å². The van der Waals surface area contributed by atoms with Gasteiger partial charge in [-0.2, -0.15) is 0 Å². The Morgan fingerprint density at radius 3 is 2.35 bits per heavy atom. The average molecular weight is 281 g/mol. The van der Waals surface area contributed by atoms with Gasteiger partial charge in [0.1, 0.15) is 0 Å². The molecule has 2 aliphatic carbocycles. The predicted octanol–water partition coefficient (Wildman–Crippen LogP) is 4.38. The molecule has 0 amide bonds. The summed E-state index contributed by atoms with van der Waals surface area (Å²) in [5.41, 5.74) is 0.710. The van der Waals surface area contributed by atoms with E-state index in [1.54, 1.807) is 0 Å². The first kappa shape index (κ1) is 16.3. The van der Waals surface area contributed by atoms with Crippen LogP contribution in [0.5, 0.6) is 0 Å². The molecule has 118 valence electrons. The fourth-order valence-corrected chi connectivity index (χ4v) is 4.28. The maximum absolute atomic E-state index is 5.87. The molecule has 2 saturated carbocycles. The smallest absolute Gasteiger partial charge is 0.0655 e. The Kier molecular flexibility index (Phi) is 4.86. The molecule has 0 aromatic rings. The zero-order valence-corrected chi connectivity index (χ0v) is 14.5. The topological polar surface area (TPSA) is 21.3 Å². The van der Waals surface area contributed by atoms with Crippen molar-refractivity contribution in [3.63, 3.8) is 0 Å². The third kappa shape index (κ3) is 3.22. The summed E-state index contributed by atoms with van der Waals surface area (Å²) < 4.78 is 5.87. The van der Waals surface area contributed by atoms with Crippen molar-refractivity contribution in [2.45, 2.75) is 91.8 Å². The van der Waals surface area contributed by atoms with Crippen LogP contribution in [0.4, 0.5) is 0 Å². The SMILES string of the molecule is CCOC1CC(NC2CCCCC2C(C)(C)C)C1(C)C. The highest BCUT2D eigenvalue weighted by Gasteiger charge is 2.50. The fourth-order valence-electron chi connectivity index (χ4n) is 4.28. The molecule has 0 spiro atoms. The van der Waals surface area contributed by atoms with E-state index in [-0.39, 0.29) is 5.41 Å². The molecule has 0 aliphatic heterocycles. The van der Waals surface area contributed by atoms with Gasteiger partial charge in [0.2, 0.25) is 0 Å². The van der Waals surface area contributed by atoms with E-state index in [1.807, 2.05) is 0 Å². The Bertz CT molecular complexity index is 318. The predicted molar refractivity (Wildman–Crippen MR) is 85.9 cm³/mol. The van der Waals surface area contributed by atoms with Crippen LogP contribution in [0.2, 0.25) is 0 Å². The molecule has 0 radical (unpaired) electrons. The lowest BCUT2D eigenvalue weighted by molar-refractivity contribution is -0.120. The molecule has 2 rings (SSSR count). The first-order chi connectivity index (χ1) is 9.26. The summed E-state index contributed by atoms with van der Waals surface area (Å²) in [4.78, 5) is 0. The van der Waals surface area contributed by atoms with Crippen LogP contribution in [0.1, 0.15) is 73.6 Å². The van der Waals surface area contributed by atoms with Crippen LogP contribution in [0.15, 0.2) is 0 Å². The Morgan fingerprint density at radius 1 is 1.15 bits per heavy atom. The molecule has 1 N–H and O–H groups in total. The van der Waals surface area contributed by atoms with Gasteiger partial charge < -0.3 is 10.1 Å². The Hall–Kier alpha value is -0.0800. The van der Waals surface area contributed by atoms with Crippen LogP contribution in [-0.2, 0) is 4.74 Å². The molecule has 0 aromatic heterocycles. The molecule has 4 atom stereocenters. The van der Waals surface area contributed by atoms with Crippen LogP contribution < -0.4 is 5.32 Å². The molecule has 20 heavy (non-hydrogen) atoms. The van der Waals surface area contributed by atoms with Crippen LogP contribution >= 0.6 is 0 Å². The monoisotopic (exact) mass is 281 g/mol. The summed E-state index contributed by atoms with van der Waals surface area (Å²) in [5, 5.41) is 4.01. The summed E-state index contributed by atoms with van der Waals surface area (Å²) >= 11 is 0. The quantitative estimate of drug-likeness (QED) is 0.825. The van der Waals surface area contributed by atoms with Gasteiger partial charge in [-0.15, -0.1) is 0 Å². The molecule has 2 fully saturated rings. The van der Waals surface area contributed by atoms with Gasteiger partial charge in [-0.1, -0.05) is 47.5 Å². The van der Waals surface area contributed by atoms with Crippen LogP contribution in [-0.4, -0.2) is 24.8 Å². The van der Waals surface area contributed by atoms with Crippen LogP contribution in [0, 0.1) is 16.7 Å². The fraction of sp³-hybridized carbons (Fsp3) is 1.00. The van der Waals surface area contributed by atoms with Gasteiger partial charge >= 0.3 is 0 Å². The van der Waals surface area contributed by atoms with Crippen molar-refractivity contribution in [2.24, 2.45) is 16.7 Å². The number of ether oxygens (including phenoxy) is 1. The average Bonchev–Trinajstić information content (AvgIpc) is 2.37. The molecule has 2 aliphatic rings. The summed E-state index contributed by atoms with van der Waals surface area (Å²) in [5.74, 6) is 0.818. The normalized spacial score (nSPS) is 37.5. The Morgan fingerprint density at radius 2 is 1.80 bits per heavy atom. The summed E-state index contributed by atoms with van der Waals surface area (Å²) in [7, 11) is 0. The zero-order chi connectivity index (χ0) is 15.0. The largest absolute Gasteiger partial charge is 0.378 e. The Balaban J connectivity index is 1.95. The number of hydrogen-bond acceptors (Lipinski definition) is 2. The first-order valence-electron chi connectivity index (χ1n) is 8.64. The minimum absolute atomic E-state index is 0.288. The highest BCUT2D eigenvalue weighted by atomic mass is 16.5. The van der Waals surface area contributed by atoms with Crippen molar-refractivity contribution in [2.75, 3.05) is 6.61 Å². The van der Waals surface area contributed by atoms with Gasteiger partial charge in [0, 0.05) is 24.1 Å². The second kappa shape index (κ2) is 5.96. The standard InChI is InChI=1S/C18H35NO/c1-7-20-16-12-15(18(16,5)6)19-14-11-9-8-10-13(14)17(2,3)4/h13-16,19H,7-12H2,1-6H3. The van der Waals surface area contributed by atoms with Crippen molar-refractivity contribution >= 4 is 0 Å². The minimum Gasteiger partial charge on any atom is -0.378 e. The maximum atomic E-state index is 5.87. The summed E-state index contributed by atoms with van der Waals surface area (Å²) in [6.07, 6.45) is 7.19. The van der Waals surface area contributed by atoms with Gasteiger partial charge in [0.05, 0.1) is 6.10 Å². The Labute approximate surface area is 126 Å². The van der Waals surface area contributed by atoms with E-state index in [9.17, 15) is 0 Å². The van der Waals surface area contributed by atoms with Gasteiger partial charge in [-0.05, 0) is 37.5 Å². The zero-order valence-electron chi connectivity index (χ0n) is 14.5. The van der Waals surface area contributed by atoms with E-state index >= 15 is 0 Å². The maximum Gasteiger partial charge on any atom is 0.0655 e. The van der Waals surface area contributed by atoms with Gasteiger partial charge in [-0.25, -0.2) is 0 Å². The van der Waals surface area contributed by atoms with E-state index in [1.165, 1.54) is 32.1 Å². The third-order valence-corrected chi connectivity index (χ3v) is 5.84. The van der Waals surface area contributed by atoms with Crippen molar-refractivity contribution in [1.82, 2.24) is 5.32 Å². The van der Waals surface area contributed by atoms with Crippen LogP contribution in [0.3, 0.4) is 0 Å². The van der Waals surface area contributed by atoms with E-state index in [4.69, 9.17) is 4.74 Å². The molecule has 0 aromatic carbocycles. The third-order valence-electron chi connectivity index (χ3n) is 5.84. The van der Waals surface area contributed by atoms with Gasteiger partial charge in [0.25, 0.3) is 0 Å². The minimum atomic E-state index is 0.288. The van der Waals surface area contributed by atoms with E-state index < -0.39 is 0 Å². The molecular weight excluding hydrogens is 246 g/mol. The summed E-state index contributed by atoms with van der Waals surface area (Å²) in [6, 6.07) is 1.34. The van der Waals surface area contributed by atoms with E-state index in [0.717, 1.165) is 12.5 Å². The number of rotatable bonds is 4. The lowest BCUT2D eigenvalue weighted by Gasteiger charge is -2.54. The van der Waals surface area contributed by atoms with Crippen molar-refractivity contribution in [1.29, 1.82) is 0 Å². The number of nitrogens with one attached hydrogen (secondary N) is 1. The van der Waals surface area contributed by atoms with E-state index in [2.05, 4.69) is 46.9 Å².